The van der Waals surface area contributed by atoms with Crippen molar-refractivity contribution in [2.75, 3.05) is 6.54 Å². The van der Waals surface area contributed by atoms with Crippen LogP contribution in [0, 0.1) is 0 Å². The van der Waals surface area contributed by atoms with Crippen LogP contribution in [0.4, 0.5) is 4.79 Å². The molecule has 3 rings (SSSR count). The Bertz CT molecular complexity index is 1050. The molecular weight excluding hydrogens is 480 g/mol. The van der Waals surface area contributed by atoms with E-state index in [1.165, 1.54) is 6.92 Å². The van der Waals surface area contributed by atoms with Crippen molar-refractivity contribution in [3.8, 4) is 0 Å². The highest BCUT2D eigenvalue weighted by Gasteiger charge is 2.32. The number of nitrogens with zero attached hydrogens (tertiary/aromatic N) is 1. The van der Waals surface area contributed by atoms with Gasteiger partial charge in [0, 0.05) is 6.42 Å². The van der Waals surface area contributed by atoms with E-state index >= 15 is 0 Å². The van der Waals surface area contributed by atoms with Crippen LogP contribution in [0.2, 0.25) is 0 Å². The molecule has 9 nitrogen and oxygen atoms in total. The van der Waals surface area contributed by atoms with E-state index in [2.05, 4.69) is 33.7 Å². The first-order chi connectivity index (χ1) is 17.4. The van der Waals surface area contributed by atoms with Crippen molar-refractivity contribution in [1.29, 1.82) is 0 Å². The second kappa shape index (κ2) is 13.5. The predicted molar refractivity (Wildman–Crippen MR) is 140 cm³/mol. The third-order valence-corrected chi connectivity index (χ3v) is 6.33. The van der Waals surface area contributed by atoms with Crippen molar-refractivity contribution in [2.24, 2.45) is 5.16 Å². The number of hydrogen-bond acceptors (Lipinski definition) is 7. The van der Waals surface area contributed by atoms with E-state index in [1.807, 2.05) is 67.6 Å². The zero-order valence-corrected chi connectivity index (χ0v) is 21.2. The number of benzene rings is 2. The Morgan fingerprint density at radius 3 is 2.25 bits per heavy atom. The number of amides is 3. The minimum Gasteiger partial charge on any atom is -0.445 e. The van der Waals surface area contributed by atoms with Gasteiger partial charge in [-0.25, -0.2) is 4.79 Å². The molecule has 3 N–H and O–H groups in total. The molecule has 2 aromatic carbocycles. The van der Waals surface area contributed by atoms with Crippen molar-refractivity contribution in [3.63, 3.8) is 0 Å². The van der Waals surface area contributed by atoms with Crippen LogP contribution in [0.15, 0.2) is 65.8 Å². The first kappa shape index (κ1) is 27.1. The second-order valence-corrected chi connectivity index (χ2v) is 9.01. The molecule has 0 radical (unpaired) electrons. The Balaban J connectivity index is 1.55. The van der Waals surface area contributed by atoms with Crippen molar-refractivity contribution >= 4 is 36.2 Å². The molecule has 2 aromatic rings. The third-order valence-electron chi connectivity index (χ3n) is 5.69. The van der Waals surface area contributed by atoms with E-state index in [4.69, 9.17) is 9.57 Å². The minimum absolute atomic E-state index is 0.0822. The van der Waals surface area contributed by atoms with Gasteiger partial charge in [0.05, 0.1) is 17.5 Å². The summed E-state index contributed by atoms with van der Waals surface area (Å²) in [6.45, 7) is 3.77. The Labute approximate surface area is 216 Å². The number of carbonyl (C=O) groups is 3. The molecule has 0 aliphatic carbocycles. The summed E-state index contributed by atoms with van der Waals surface area (Å²) in [5.41, 5.74) is 2.53. The molecule has 0 bridgehead atoms. The molecule has 192 valence electrons. The molecular formula is C26H32N4O5S. The number of ether oxygens (including phenoxy) is 1. The standard InChI is InChI=1S/C26H32N4O5S/c1-3-20-23(36)22(35-30-20)15-27-25(32)21(14-18-10-6-4-7-11-18)29-24(31)17(2)28-26(33)34-16-19-12-8-5-9-13-19/h4-13,17,21-23,36H,3,14-16H2,1-2H3,(H,27,32)(H,28,33)(H,29,31)/t17-,21-,22?,23?/m0/s1. The number of thiol groups is 1. The summed E-state index contributed by atoms with van der Waals surface area (Å²) in [7, 11) is 0. The predicted octanol–water partition coefficient (Wildman–Crippen LogP) is 2.61. The lowest BCUT2D eigenvalue weighted by molar-refractivity contribution is -0.130. The van der Waals surface area contributed by atoms with Gasteiger partial charge in [0.15, 0.2) is 6.10 Å². The lowest BCUT2D eigenvalue weighted by atomic mass is 10.0. The van der Waals surface area contributed by atoms with E-state index < -0.39 is 24.1 Å². The number of hydrogen-bond donors (Lipinski definition) is 4. The molecule has 1 aliphatic heterocycles. The van der Waals surface area contributed by atoms with Gasteiger partial charge in [-0.05, 0) is 24.5 Å². The molecule has 0 spiro atoms. The van der Waals surface area contributed by atoms with E-state index in [0.717, 1.165) is 16.8 Å². The SMILES string of the molecule is CCC1=NOC(CNC(=O)[C@H](Cc2ccccc2)NC(=O)[C@H](C)NC(=O)OCc2ccccc2)C1S. The van der Waals surface area contributed by atoms with Gasteiger partial charge in [-0.3, -0.25) is 9.59 Å². The van der Waals surface area contributed by atoms with Crippen molar-refractivity contribution in [3.05, 3.63) is 71.8 Å². The summed E-state index contributed by atoms with van der Waals surface area (Å²) < 4.78 is 5.18. The summed E-state index contributed by atoms with van der Waals surface area (Å²) in [6.07, 6.45) is -0.129. The molecule has 1 heterocycles. The Hall–Kier alpha value is -3.53. The molecule has 0 saturated carbocycles. The summed E-state index contributed by atoms with van der Waals surface area (Å²) in [5.74, 6) is -0.885. The maximum atomic E-state index is 13.0. The molecule has 2 unspecified atom stereocenters. The molecule has 1 aliphatic rings. The van der Waals surface area contributed by atoms with Crippen molar-refractivity contribution < 1.29 is 24.0 Å². The number of nitrogens with one attached hydrogen (secondary N) is 3. The first-order valence-corrected chi connectivity index (χ1v) is 12.4. The molecule has 36 heavy (non-hydrogen) atoms. The lowest BCUT2D eigenvalue weighted by Gasteiger charge is -2.22. The molecule has 0 saturated heterocycles. The van der Waals surface area contributed by atoms with Gasteiger partial charge in [0.25, 0.3) is 0 Å². The zero-order chi connectivity index (χ0) is 25.9. The minimum atomic E-state index is -0.917. The van der Waals surface area contributed by atoms with Gasteiger partial charge < -0.3 is 25.5 Å². The van der Waals surface area contributed by atoms with E-state index in [0.29, 0.717) is 6.42 Å². The van der Waals surface area contributed by atoms with E-state index in [9.17, 15) is 14.4 Å². The highest BCUT2D eigenvalue weighted by Crippen LogP contribution is 2.18. The number of oxime groups is 1. The van der Waals surface area contributed by atoms with Crippen LogP contribution in [0.3, 0.4) is 0 Å². The van der Waals surface area contributed by atoms with Crippen LogP contribution >= 0.6 is 12.6 Å². The monoisotopic (exact) mass is 512 g/mol. The van der Waals surface area contributed by atoms with Gasteiger partial charge in [0.2, 0.25) is 11.8 Å². The fourth-order valence-electron chi connectivity index (χ4n) is 3.57. The van der Waals surface area contributed by atoms with Crippen molar-refractivity contribution in [2.45, 2.75) is 56.7 Å². The number of alkyl carbamates (subject to hydrolysis) is 1. The number of carbonyl (C=O) groups excluding carboxylic acids is 3. The van der Waals surface area contributed by atoms with Crippen LogP contribution in [0.25, 0.3) is 0 Å². The second-order valence-electron chi connectivity index (χ2n) is 8.45. The topological polar surface area (TPSA) is 118 Å². The van der Waals surface area contributed by atoms with Crippen LogP contribution in [-0.4, -0.2) is 53.6 Å². The summed E-state index contributed by atoms with van der Waals surface area (Å²) >= 11 is 4.52. The van der Waals surface area contributed by atoms with E-state index in [1.54, 1.807) is 0 Å². The van der Waals surface area contributed by atoms with Gasteiger partial charge in [0.1, 0.15) is 18.7 Å². The lowest BCUT2D eigenvalue weighted by Crippen LogP contribution is -2.54. The Morgan fingerprint density at radius 2 is 1.64 bits per heavy atom. The van der Waals surface area contributed by atoms with Crippen LogP contribution in [0.5, 0.6) is 0 Å². The van der Waals surface area contributed by atoms with Crippen LogP contribution in [0.1, 0.15) is 31.4 Å². The van der Waals surface area contributed by atoms with Gasteiger partial charge >= 0.3 is 6.09 Å². The van der Waals surface area contributed by atoms with E-state index in [-0.39, 0.29) is 36.8 Å². The zero-order valence-electron chi connectivity index (χ0n) is 20.3. The van der Waals surface area contributed by atoms with Crippen LogP contribution < -0.4 is 16.0 Å². The fraction of sp³-hybridized carbons (Fsp3) is 0.385. The fourth-order valence-corrected chi connectivity index (χ4v) is 3.96. The normalized spacial score (nSPS) is 18.2. The molecule has 0 aromatic heterocycles. The molecule has 0 fully saturated rings. The van der Waals surface area contributed by atoms with Crippen molar-refractivity contribution in [1.82, 2.24) is 16.0 Å². The quantitative estimate of drug-likeness (QED) is 0.345. The third kappa shape index (κ3) is 8.01. The molecule has 10 heteroatoms. The first-order valence-electron chi connectivity index (χ1n) is 11.9. The number of rotatable bonds is 11. The van der Waals surface area contributed by atoms with Crippen LogP contribution in [-0.2, 0) is 32.2 Å². The summed E-state index contributed by atoms with van der Waals surface area (Å²) in [6, 6.07) is 16.8. The Morgan fingerprint density at radius 1 is 1.00 bits per heavy atom. The molecule has 3 amide bonds. The summed E-state index contributed by atoms with van der Waals surface area (Å²) in [5, 5.41) is 11.9. The molecule has 4 atom stereocenters. The largest absolute Gasteiger partial charge is 0.445 e. The van der Waals surface area contributed by atoms with Gasteiger partial charge in [-0.15, -0.1) is 0 Å². The Kier molecular flexibility index (Phi) is 10.2. The maximum Gasteiger partial charge on any atom is 0.408 e. The average Bonchev–Trinajstić information content (AvgIpc) is 3.25. The van der Waals surface area contributed by atoms with Gasteiger partial charge in [-0.1, -0.05) is 72.7 Å². The maximum absolute atomic E-state index is 13.0. The smallest absolute Gasteiger partial charge is 0.408 e. The van der Waals surface area contributed by atoms with Gasteiger partial charge in [-0.2, -0.15) is 12.6 Å². The highest BCUT2D eigenvalue weighted by molar-refractivity contribution is 7.82. The average molecular weight is 513 g/mol. The highest BCUT2D eigenvalue weighted by atomic mass is 32.1. The summed E-state index contributed by atoms with van der Waals surface area (Å²) in [4.78, 5) is 43.4.